The smallest absolute Gasteiger partial charge is 0.311 e. The van der Waals surface area contributed by atoms with Crippen LogP contribution in [-0.4, -0.2) is 31.3 Å². The average Bonchev–Trinajstić information content (AvgIpc) is 3.06. The van der Waals surface area contributed by atoms with Crippen LogP contribution in [0.3, 0.4) is 0 Å². The number of hydrogen-bond acceptors (Lipinski definition) is 5. The quantitative estimate of drug-likeness (QED) is 0.763. The molecule has 2 aromatic rings. The number of phenols is 1. The Balaban J connectivity index is 1.94. The van der Waals surface area contributed by atoms with Crippen LogP contribution in [0.4, 0.5) is 5.69 Å². The first-order valence-corrected chi connectivity index (χ1v) is 9.08. The highest BCUT2D eigenvalue weighted by molar-refractivity contribution is 7.10. The number of carbonyl (C=O) groups is 1. The largest absolute Gasteiger partial charge is 0.507 e. The third-order valence-corrected chi connectivity index (χ3v) is 4.53. The van der Waals surface area contributed by atoms with Gasteiger partial charge in [0.25, 0.3) is 0 Å². The Hall–Kier alpha value is -2.27. The van der Waals surface area contributed by atoms with Crippen molar-refractivity contribution in [3.8, 4) is 5.75 Å². The minimum atomic E-state index is -0.493. The van der Waals surface area contributed by atoms with Crippen molar-refractivity contribution in [2.75, 3.05) is 25.1 Å². The van der Waals surface area contributed by atoms with Gasteiger partial charge >= 0.3 is 5.97 Å². The molecule has 0 aliphatic carbocycles. The molecular weight excluding hydrogens is 334 g/mol. The number of benzene rings is 1. The van der Waals surface area contributed by atoms with Crippen molar-refractivity contribution in [1.29, 1.82) is 0 Å². The van der Waals surface area contributed by atoms with E-state index in [0.29, 0.717) is 13.2 Å². The lowest BCUT2D eigenvalue weighted by Crippen LogP contribution is -2.28. The van der Waals surface area contributed by atoms with Gasteiger partial charge in [0, 0.05) is 29.2 Å². The molecule has 0 saturated carbocycles. The van der Waals surface area contributed by atoms with E-state index >= 15 is 0 Å². The van der Waals surface area contributed by atoms with Crippen molar-refractivity contribution in [3.05, 3.63) is 46.2 Å². The Morgan fingerprint density at radius 3 is 2.64 bits per heavy atom. The summed E-state index contributed by atoms with van der Waals surface area (Å²) >= 11 is 1.65. The van der Waals surface area contributed by atoms with Crippen LogP contribution in [0.5, 0.6) is 5.75 Å². The molecule has 4 nitrogen and oxygen atoms in total. The Kier molecular flexibility index (Phi) is 6.26. The van der Waals surface area contributed by atoms with E-state index in [1.807, 2.05) is 74.5 Å². The summed E-state index contributed by atoms with van der Waals surface area (Å²) in [5.74, 6) is 0.0154. The molecule has 1 N–H and O–H groups in total. The van der Waals surface area contributed by atoms with Gasteiger partial charge in [0.1, 0.15) is 12.4 Å². The van der Waals surface area contributed by atoms with Crippen molar-refractivity contribution >= 4 is 35.1 Å². The summed E-state index contributed by atoms with van der Waals surface area (Å²) in [5, 5.41) is 12.2. The highest BCUT2D eigenvalue weighted by Crippen LogP contribution is 2.26. The fraction of sp³-hybridized carbons (Fsp3) is 0.350. The van der Waals surface area contributed by atoms with Crippen LogP contribution in [0.2, 0.25) is 0 Å². The monoisotopic (exact) mass is 359 g/mol. The molecule has 0 spiro atoms. The summed E-state index contributed by atoms with van der Waals surface area (Å²) in [6, 6.07) is 9.57. The summed E-state index contributed by atoms with van der Waals surface area (Å²) in [7, 11) is 1.90. The molecule has 134 valence electrons. The number of ether oxygens (including phenoxy) is 1. The maximum absolute atomic E-state index is 11.8. The van der Waals surface area contributed by atoms with E-state index in [1.165, 1.54) is 0 Å². The molecule has 0 bridgehead atoms. The number of phenolic OH excluding ortho intramolecular Hbond substituents is 1. The molecule has 0 amide bonds. The second-order valence-corrected chi connectivity index (χ2v) is 7.88. The number of nitrogens with zero attached hydrogens (tertiary/aromatic N) is 1. The molecule has 5 heteroatoms. The fourth-order valence-corrected chi connectivity index (χ4v) is 2.71. The normalized spacial score (nSPS) is 11.7. The molecule has 1 aromatic carbocycles. The second kappa shape index (κ2) is 8.21. The van der Waals surface area contributed by atoms with E-state index in [0.717, 1.165) is 16.1 Å². The van der Waals surface area contributed by atoms with Gasteiger partial charge in [0.2, 0.25) is 0 Å². The van der Waals surface area contributed by atoms with Crippen LogP contribution >= 0.6 is 11.3 Å². The maximum Gasteiger partial charge on any atom is 0.311 e. The van der Waals surface area contributed by atoms with Gasteiger partial charge in [-0.2, -0.15) is 0 Å². The highest BCUT2D eigenvalue weighted by Gasteiger charge is 2.22. The Morgan fingerprint density at radius 2 is 2.04 bits per heavy atom. The number of thiophene rings is 1. The van der Waals surface area contributed by atoms with Crippen LogP contribution in [0.15, 0.2) is 35.7 Å². The maximum atomic E-state index is 11.8. The number of hydrogen-bond donors (Lipinski definition) is 1. The van der Waals surface area contributed by atoms with Gasteiger partial charge in [-0.15, -0.1) is 11.3 Å². The number of rotatable bonds is 6. The zero-order valence-corrected chi connectivity index (χ0v) is 16.0. The molecule has 0 unspecified atom stereocenters. The van der Waals surface area contributed by atoms with E-state index in [1.54, 1.807) is 17.4 Å². The number of carbonyl (C=O) groups excluding carboxylic acids is 1. The summed E-state index contributed by atoms with van der Waals surface area (Å²) < 4.78 is 5.28. The minimum absolute atomic E-state index is 0.210. The van der Waals surface area contributed by atoms with Crippen molar-refractivity contribution in [2.24, 2.45) is 5.41 Å². The molecule has 25 heavy (non-hydrogen) atoms. The summed E-state index contributed by atoms with van der Waals surface area (Å²) in [5.41, 5.74) is 1.15. The average molecular weight is 359 g/mol. The van der Waals surface area contributed by atoms with Gasteiger partial charge < -0.3 is 14.7 Å². The fourth-order valence-electron chi connectivity index (χ4n) is 2.09. The number of aromatic hydroxyl groups is 1. The van der Waals surface area contributed by atoms with E-state index in [9.17, 15) is 9.90 Å². The molecule has 0 saturated heterocycles. The van der Waals surface area contributed by atoms with Gasteiger partial charge in [-0.25, -0.2) is 0 Å². The lowest BCUT2D eigenvalue weighted by atomic mass is 9.97. The van der Waals surface area contributed by atoms with Crippen molar-refractivity contribution < 1.29 is 14.6 Å². The molecule has 1 heterocycles. The number of anilines is 1. The lowest BCUT2D eigenvalue weighted by Gasteiger charge is -2.22. The third-order valence-electron chi connectivity index (χ3n) is 3.70. The summed E-state index contributed by atoms with van der Waals surface area (Å²) in [6.45, 7) is 6.37. The van der Waals surface area contributed by atoms with Gasteiger partial charge in [-0.1, -0.05) is 6.07 Å². The number of likely N-dealkylation sites (N-methyl/N-ethyl adjacent to an activating group) is 1. The molecular formula is C20H25NO3S. The van der Waals surface area contributed by atoms with Crippen LogP contribution in [0.25, 0.3) is 12.2 Å². The molecule has 0 aliphatic heterocycles. The van der Waals surface area contributed by atoms with E-state index in [4.69, 9.17) is 4.74 Å². The van der Waals surface area contributed by atoms with Crippen molar-refractivity contribution in [3.63, 3.8) is 0 Å². The van der Waals surface area contributed by atoms with E-state index in [-0.39, 0.29) is 11.7 Å². The molecule has 0 radical (unpaired) electrons. The summed E-state index contributed by atoms with van der Waals surface area (Å²) in [6.07, 6.45) is 3.88. The van der Waals surface area contributed by atoms with Gasteiger partial charge in [0.05, 0.1) is 12.0 Å². The van der Waals surface area contributed by atoms with E-state index in [2.05, 4.69) is 0 Å². The highest BCUT2D eigenvalue weighted by atomic mass is 32.1. The topological polar surface area (TPSA) is 49.8 Å². The minimum Gasteiger partial charge on any atom is -0.507 e. The molecule has 0 atom stereocenters. The molecule has 0 fully saturated rings. The zero-order chi connectivity index (χ0) is 18.4. The lowest BCUT2D eigenvalue weighted by molar-refractivity contribution is -0.152. The zero-order valence-electron chi connectivity index (χ0n) is 15.2. The Bertz CT molecular complexity index is 730. The standard InChI is InChI=1S/C20H25NO3S/c1-20(2,3)19(23)24-12-11-21(4)16-9-7-15(18(22)14-16)8-10-17-6-5-13-25-17/h5-10,13-14,22H,11-12H2,1-4H3/b10-8+. The first-order chi connectivity index (χ1) is 11.8. The second-order valence-electron chi connectivity index (χ2n) is 6.90. The van der Waals surface area contributed by atoms with Gasteiger partial charge in [0.15, 0.2) is 0 Å². The SMILES string of the molecule is CN(CCOC(=O)C(C)(C)C)c1ccc(/C=C/c2cccs2)c(O)c1. The van der Waals surface area contributed by atoms with Gasteiger partial charge in [-0.05, 0) is 56.5 Å². The first-order valence-electron chi connectivity index (χ1n) is 8.20. The predicted octanol–water partition coefficient (Wildman–Crippen LogP) is 4.65. The van der Waals surface area contributed by atoms with Crippen LogP contribution in [-0.2, 0) is 9.53 Å². The van der Waals surface area contributed by atoms with Crippen LogP contribution < -0.4 is 4.90 Å². The number of esters is 1. The molecule has 2 rings (SSSR count). The Labute approximate surface area is 153 Å². The Morgan fingerprint density at radius 1 is 1.28 bits per heavy atom. The van der Waals surface area contributed by atoms with E-state index < -0.39 is 5.41 Å². The van der Waals surface area contributed by atoms with Crippen molar-refractivity contribution in [1.82, 2.24) is 0 Å². The van der Waals surface area contributed by atoms with Crippen LogP contribution in [0.1, 0.15) is 31.2 Å². The molecule has 1 aromatic heterocycles. The summed E-state index contributed by atoms with van der Waals surface area (Å²) in [4.78, 5) is 14.9. The predicted molar refractivity (Wildman–Crippen MR) is 105 cm³/mol. The molecule has 0 aliphatic rings. The third kappa shape index (κ3) is 5.64. The van der Waals surface area contributed by atoms with Crippen LogP contribution in [0, 0.1) is 5.41 Å². The van der Waals surface area contributed by atoms with Crippen molar-refractivity contribution in [2.45, 2.75) is 20.8 Å². The van der Waals surface area contributed by atoms with Gasteiger partial charge in [-0.3, -0.25) is 4.79 Å². The first kappa shape index (κ1) is 19.1.